The number of oxazole rings is 1. The molecule has 0 radical (unpaired) electrons. The van der Waals surface area contributed by atoms with Gasteiger partial charge in [-0.1, -0.05) is 6.92 Å². The number of carbonyl (C=O) groups excluding carboxylic acids is 1. The van der Waals surface area contributed by atoms with E-state index in [9.17, 15) is 4.79 Å². The standard InChI is InChI=1S/C21H36N4O3/c1-4-24-9-5-6-19(24)15-25(21(26)20-17(2)22-16-28-20)14-18-7-10-23(11-8-18)12-13-27-3/h16,18-19H,4-15H2,1-3H3. The number of nitrogens with zero attached hydrogens (tertiary/aromatic N) is 4. The summed E-state index contributed by atoms with van der Waals surface area (Å²) in [6.45, 7) is 11.8. The van der Waals surface area contributed by atoms with E-state index in [4.69, 9.17) is 9.15 Å². The van der Waals surface area contributed by atoms with Crippen LogP contribution in [0.25, 0.3) is 0 Å². The van der Waals surface area contributed by atoms with Crippen LogP contribution in [0.3, 0.4) is 0 Å². The van der Waals surface area contributed by atoms with Gasteiger partial charge in [-0.05, 0) is 64.7 Å². The quantitative estimate of drug-likeness (QED) is 0.642. The second kappa shape index (κ2) is 10.4. The third-order valence-electron chi connectivity index (χ3n) is 6.36. The zero-order valence-corrected chi connectivity index (χ0v) is 17.7. The van der Waals surface area contributed by atoms with E-state index in [2.05, 4.69) is 21.7 Å². The molecule has 7 nitrogen and oxygen atoms in total. The normalized spacial score (nSPS) is 22.0. The van der Waals surface area contributed by atoms with Crippen LogP contribution >= 0.6 is 0 Å². The zero-order valence-electron chi connectivity index (χ0n) is 17.7. The monoisotopic (exact) mass is 392 g/mol. The lowest BCUT2D eigenvalue weighted by molar-refractivity contribution is 0.0587. The third-order valence-corrected chi connectivity index (χ3v) is 6.36. The Hall–Kier alpha value is -1.44. The Morgan fingerprint density at radius 2 is 2.07 bits per heavy atom. The summed E-state index contributed by atoms with van der Waals surface area (Å²) in [7, 11) is 1.75. The van der Waals surface area contributed by atoms with Gasteiger partial charge < -0.3 is 19.0 Å². The molecule has 2 fully saturated rings. The highest BCUT2D eigenvalue weighted by Crippen LogP contribution is 2.23. The summed E-state index contributed by atoms with van der Waals surface area (Å²) < 4.78 is 10.6. The van der Waals surface area contributed by atoms with Crippen LogP contribution < -0.4 is 0 Å². The number of rotatable bonds is 9. The van der Waals surface area contributed by atoms with Crippen LogP contribution in [-0.4, -0.2) is 91.2 Å². The fourth-order valence-corrected chi connectivity index (χ4v) is 4.59. The number of aromatic nitrogens is 1. The molecule has 0 aliphatic carbocycles. The Bertz CT molecular complexity index is 613. The number of carbonyl (C=O) groups is 1. The Balaban J connectivity index is 1.63. The van der Waals surface area contributed by atoms with Crippen LogP contribution in [0.4, 0.5) is 0 Å². The molecule has 2 aliphatic rings. The van der Waals surface area contributed by atoms with Crippen molar-refractivity contribution in [2.24, 2.45) is 5.92 Å². The van der Waals surface area contributed by atoms with Gasteiger partial charge in [0.05, 0.1) is 12.3 Å². The van der Waals surface area contributed by atoms with Gasteiger partial charge in [0.1, 0.15) is 0 Å². The van der Waals surface area contributed by atoms with Crippen molar-refractivity contribution in [1.29, 1.82) is 0 Å². The van der Waals surface area contributed by atoms with E-state index in [1.807, 2.05) is 11.8 Å². The molecule has 2 aliphatic heterocycles. The minimum absolute atomic E-state index is 0.000217. The minimum Gasteiger partial charge on any atom is -0.438 e. The first kappa shape index (κ1) is 21.3. The molecule has 0 N–H and O–H groups in total. The Morgan fingerprint density at radius 3 is 2.71 bits per heavy atom. The van der Waals surface area contributed by atoms with Crippen molar-refractivity contribution in [3.05, 3.63) is 17.8 Å². The number of amides is 1. The molecule has 0 bridgehead atoms. The van der Waals surface area contributed by atoms with E-state index >= 15 is 0 Å². The molecule has 28 heavy (non-hydrogen) atoms. The van der Waals surface area contributed by atoms with E-state index in [0.717, 1.165) is 65.3 Å². The molecule has 3 rings (SSSR count). The molecule has 0 aromatic carbocycles. The lowest BCUT2D eigenvalue weighted by Crippen LogP contribution is -2.46. The highest BCUT2D eigenvalue weighted by atomic mass is 16.5. The highest BCUT2D eigenvalue weighted by Gasteiger charge is 2.31. The molecular formula is C21H36N4O3. The largest absolute Gasteiger partial charge is 0.438 e. The molecule has 1 unspecified atom stereocenters. The van der Waals surface area contributed by atoms with Gasteiger partial charge in [-0.25, -0.2) is 4.98 Å². The van der Waals surface area contributed by atoms with E-state index in [0.29, 0.717) is 23.4 Å². The average molecular weight is 393 g/mol. The van der Waals surface area contributed by atoms with Crippen LogP contribution in [0.5, 0.6) is 0 Å². The van der Waals surface area contributed by atoms with Crippen LogP contribution in [0.2, 0.25) is 0 Å². The molecule has 1 aromatic heterocycles. The molecule has 1 atom stereocenters. The summed E-state index contributed by atoms with van der Waals surface area (Å²) >= 11 is 0. The molecule has 1 amide bonds. The van der Waals surface area contributed by atoms with Crippen molar-refractivity contribution in [2.75, 3.05) is 59.5 Å². The maximum absolute atomic E-state index is 13.2. The van der Waals surface area contributed by atoms with Crippen molar-refractivity contribution >= 4 is 5.91 Å². The lowest BCUT2D eigenvalue weighted by atomic mass is 9.95. The third kappa shape index (κ3) is 5.33. The predicted molar refractivity (Wildman–Crippen MR) is 108 cm³/mol. The molecule has 7 heteroatoms. The number of ether oxygens (including phenoxy) is 1. The van der Waals surface area contributed by atoms with Crippen molar-refractivity contribution in [1.82, 2.24) is 19.7 Å². The van der Waals surface area contributed by atoms with Gasteiger partial charge in [0.15, 0.2) is 6.39 Å². The zero-order chi connectivity index (χ0) is 19.9. The van der Waals surface area contributed by atoms with E-state index in [1.54, 1.807) is 7.11 Å². The molecule has 0 spiro atoms. The Morgan fingerprint density at radius 1 is 1.29 bits per heavy atom. The van der Waals surface area contributed by atoms with E-state index in [-0.39, 0.29) is 5.91 Å². The number of likely N-dealkylation sites (tertiary alicyclic amines) is 2. The van der Waals surface area contributed by atoms with E-state index in [1.165, 1.54) is 19.2 Å². The lowest BCUT2D eigenvalue weighted by Gasteiger charge is -2.36. The summed E-state index contributed by atoms with van der Waals surface area (Å²) in [5.41, 5.74) is 0.683. The van der Waals surface area contributed by atoms with Gasteiger partial charge in [-0.2, -0.15) is 0 Å². The van der Waals surface area contributed by atoms with Crippen LogP contribution in [-0.2, 0) is 4.74 Å². The first-order chi connectivity index (χ1) is 13.6. The minimum atomic E-state index is -0.000217. The Kier molecular flexibility index (Phi) is 7.88. The van der Waals surface area contributed by atoms with Crippen molar-refractivity contribution < 1.29 is 13.9 Å². The van der Waals surface area contributed by atoms with Gasteiger partial charge in [-0.15, -0.1) is 0 Å². The van der Waals surface area contributed by atoms with Gasteiger partial charge in [-0.3, -0.25) is 9.69 Å². The highest BCUT2D eigenvalue weighted by molar-refractivity contribution is 5.92. The molecule has 2 saturated heterocycles. The maximum atomic E-state index is 13.2. The molecule has 1 aromatic rings. The predicted octanol–water partition coefficient (Wildman–Crippen LogP) is 2.27. The average Bonchev–Trinajstić information content (AvgIpc) is 3.34. The second-order valence-electron chi connectivity index (χ2n) is 8.18. The topological polar surface area (TPSA) is 62.1 Å². The van der Waals surface area contributed by atoms with Crippen LogP contribution in [0.15, 0.2) is 10.8 Å². The van der Waals surface area contributed by atoms with Crippen molar-refractivity contribution in [2.45, 2.75) is 45.6 Å². The SMILES string of the molecule is CCN1CCCC1CN(CC1CCN(CCOC)CC1)C(=O)c1ocnc1C. The second-order valence-corrected chi connectivity index (χ2v) is 8.18. The molecular weight excluding hydrogens is 356 g/mol. The first-order valence-corrected chi connectivity index (χ1v) is 10.8. The number of hydrogen-bond donors (Lipinski definition) is 0. The van der Waals surface area contributed by atoms with Gasteiger partial charge >= 0.3 is 0 Å². The number of hydrogen-bond acceptors (Lipinski definition) is 6. The summed E-state index contributed by atoms with van der Waals surface area (Å²) in [5, 5.41) is 0. The fraction of sp³-hybridized carbons (Fsp3) is 0.810. The van der Waals surface area contributed by atoms with Crippen LogP contribution in [0.1, 0.15) is 48.9 Å². The summed E-state index contributed by atoms with van der Waals surface area (Å²) in [5.74, 6) is 0.945. The fourth-order valence-electron chi connectivity index (χ4n) is 4.59. The summed E-state index contributed by atoms with van der Waals surface area (Å²) in [4.78, 5) is 24.4. The number of aryl methyl sites for hydroxylation is 1. The van der Waals surface area contributed by atoms with Gasteiger partial charge in [0, 0.05) is 32.8 Å². The summed E-state index contributed by atoms with van der Waals surface area (Å²) in [6.07, 6.45) is 6.03. The number of piperidine rings is 1. The molecule has 0 saturated carbocycles. The van der Waals surface area contributed by atoms with Crippen molar-refractivity contribution in [3.63, 3.8) is 0 Å². The van der Waals surface area contributed by atoms with Gasteiger partial charge in [0.2, 0.25) is 5.76 Å². The molecule has 3 heterocycles. The van der Waals surface area contributed by atoms with Crippen LogP contribution in [0, 0.1) is 12.8 Å². The first-order valence-electron chi connectivity index (χ1n) is 10.8. The van der Waals surface area contributed by atoms with Crippen molar-refractivity contribution in [3.8, 4) is 0 Å². The number of methoxy groups -OCH3 is 1. The number of likely N-dealkylation sites (N-methyl/N-ethyl adjacent to an activating group) is 1. The molecule has 158 valence electrons. The van der Waals surface area contributed by atoms with Gasteiger partial charge in [0.25, 0.3) is 5.91 Å². The van der Waals surface area contributed by atoms with E-state index < -0.39 is 0 Å². The Labute approximate surface area is 169 Å². The summed E-state index contributed by atoms with van der Waals surface area (Å²) in [6, 6.07) is 0.457. The maximum Gasteiger partial charge on any atom is 0.291 e. The smallest absolute Gasteiger partial charge is 0.291 e.